The summed E-state index contributed by atoms with van der Waals surface area (Å²) in [5.41, 5.74) is 2.57. The molecule has 0 aliphatic rings. The van der Waals surface area contributed by atoms with Crippen molar-refractivity contribution in [2.45, 2.75) is 20.0 Å². The molecular formula is C20H16Cl2N2O3S. The molecular weight excluding hydrogens is 419 g/mol. The minimum Gasteiger partial charge on any atom is -0.456 e. The monoisotopic (exact) mass is 434 g/mol. The van der Waals surface area contributed by atoms with Crippen molar-refractivity contribution in [2.24, 2.45) is 0 Å². The molecule has 0 radical (unpaired) electrons. The van der Waals surface area contributed by atoms with E-state index in [4.69, 9.17) is 27.9 Å². The van der Waals surface area contributed by atoms with Gasteiger partial charge in [0.05, 0.1) is 22.7 Å². The van der Waals surface area contributed by atoms with Gasteiger partial charge in [-0.1, -0.05) is 41.4 Å². The molecule has 0 fully saturated rings. The van der Waals surface area contributed by atoms with Crippen LogP contribution in [0, 0.1) is 6.92 Å². The first-order valence-electron chi connectivity index (χ1n) is 8.33. The summed E-state index contributed by atoms with van der Waals surface area (Å²) in [4.78, 5) is 28.7. The number of benzene rings is 2. The number of anilines is 1. The van der Waals surface area contributed by atoms with Crippen LogP contribution < -0.4 is 5.32 Å². The number of rotatable bonds is 6. The third kappa shape index (κ3) is 5.32. The summed E-state index contributed by atoms with van der Waals surface area (Å²) >= 11 is 13.2. The first-order valence-corrected chi connectivity index (χ1v) is 9.97. The predicted molar refractivity (Wildman–Crippen MR) is 111 cm³/mol. The standard InChI is InChI=1S/C20H16Cl2N2O3S/c1-12-4-2-3-5-17(12)24-18(25)9-19-23-14(11-28-19)10-27-20(26)15-7-6-13(21)8-16(15)22/h2-8,11H,9-10H2,1H3,(H,24,25). The topological polar surface area (TPSA) is 68.3 Å². The fourth-order valence-electron chi connectivity index (χ4n) is 2.41. The third-order valence-corrected chi connectivity index (χ3v) is 5.28. The molecule has 1 amide bonds. The molecule has 0 unspecified atom stereocenters. The minimum atomic E-state index is -0.562. The Bertz CT molecular complexity index is 1020. The van der Waals surface area contributed by atoms with E-state index < -0.39 is 5.97 Å². The second kappa shape index (κ2) is 9.19. The normalized spacial score (nSPS) is 10.5. The lowest BCUT2D eigenvalue weighted by molar-refractivity contribution is -0.115. The van der Waals surface area contributed by atoms with Gasteiger partial charge in [-0.05, 0) is 36.8 Å². The second-order valence-corrected chi connectivity index (χ2v) is 7.76. The Morgan fingerprint density at radius 3 is 2.71 bits per heavy atom. The number of carbonyl (C=O) groups is 2. The maximum Gasteiger partial charge on any atom is 0.340 e. The number of ether oxygens (including phenoxy) is 1. The predicted octanol–water partition coefficient (Wildman–Crippen LogP) is 5.30. The van der Waals surface area contributed by atoms with E-state index in [1.807, 2.05) is 31.2 Å². The van der Waals surface area contributed by atoms with Gasteiger partial charge in [0.15, 0.2) is 0 Å². The highest BCUT2D eigenvalue weighted by Crippen LogP contribution is 2.22. The van der Waals surface area contributed by atoms with Crippen molar-refractivity contribution in [3.05, 3.63) is 79.7 Å². The minimum absolute atomic E-state index is 0.00625. The number of hydrogen-bond donors (Lipinski definition) is 1. The summed E-state index contributed by atoms with van der Waals surface area (Å²) in [6.07, 6.45) is 0.149. The number of aromatic nitrogens is 1. The van der Waals surface area contributed by atoms with E-state index >= 15 is 0 Å². The molecule has 0 atom stereocenters. The molecule has 1 heterocycles. The van der Waals surface area contributed by atoms with Crippen LogP contribution in [0.3, 0.4) is 0 Å². The van der Waals surface area contributed by atoms with Crippen molar-refractivity contribution in [2.75, 3.05) is 5.32 Å². The summed E-state index contributed by atoms with van der Waals surface area (Å²) in [5.74, 6) is -0.714. The number of carbonyl (C=O) groups excluding carboxylic acids is 2. The second-order valence-electron chi connectivity index (χ2n) is 5.97. The Hall–Kier alpha value is -2.41. The fourth-order valence-corrected chi connectivity index (χ4v) is 3.68. The van der Waals surface area contributed by atoms with Crippen LogP contribution in [0.1, 0.15) is 26.6 Å². The summed E-state index contributed by atoms with van der Waals surface area (Å²) in [7, 11) is 0. The zero-order valence-corrected chi connectivity index (χ0v) is 17.2. The Labute approximate surface area is 176 Å². The molecule has 0 spiro atoms. The van der Waals surface area contributed by atoms with Gasteiger partial charge < -0.3 is 10.1 Å². The van der Waals surface area contributed by atoms with Gasteiger partial charge in [0.2, 0.25) is 5.91 Å². The summed E-state index contributed by atoms with van der Waals surface area (Å²) in [5, 5.41) is 5.93. The molecule has 28 heavy (non-hydrogen) atoms. The summed E-state index contributed by atoms with van der Waals surface area (Å²) in [6.45, 7) is 1.92. The Kier molecular flexibility index (Phi) is 6.67. The van der Waals surface area contributed by atoms with Gasteiger partial charge in [-0.2, -0.15) is 0 Å². The number of nitrogens with one attached hydrogen (secondary N) is 1. The molecule has 5 nitrogen and oxygen atoms in total. The zero-order chi connectivity index (χ0) is 20.1. The largest absolute Gasteiger partial charge is 0.456 e. The number of aryl methyl sites for hydroxylation is 1. The number of esters is 1. The van der Waals surface area contributed by atoms with Crippen molar-refractivity contribution in [1.29, 1.82) is 0 Å². The Morgan fingerprint density at radius 2 is 1.96 bits per heavy atom. The lowest BCUT2D eigenvalue weighted by Gasteiger charge is -2.07. The van der Waals surface area contributed by atoms with Crippen LogP contribution in [-0.2, 0) is 22.6 Å². The number of hydrogen-bond acceptors (Lipinski definition) is 5. The summed E-state index contributed by atoms with van der Waals surface area (Å²) in [6, 6.07) is 12.1. The number of thiazole rings is 1. The highest BCUT2D eigenvalue weighted by molar-refractivity contribution is 7.09. The molecule has 0 aliphatic heterocycles. The van der Waals surface area contributed by atoms with Crippen LogP contribution in [0.2, 0.25) is 10.0 Å². The molecule has 0 saturated carbocycles. The smallest absolute Gasteiger partial charge is 0.340 e. The SMILES string of the molecule is Cc1ccccc1NC(=O)Cc1nc(COC(=O)c2ccc(Cl)cc2Cl)cs1. The molecule has 2 aromatic carbocycles. The van der Waals surface area contributed by atoms with Crippen LogP contribution in [0.25, 0.3) is 0 Å². The van der Waals surface area contributed by atoms with Gasteiger partial charge in [-0.3, -0.25) is 4.79 Å². The highest BCUT2D eigenvalue weighted by atomic mass is 35.5. The van der Waals surface area contributed by atoms with Crippen LogP contribution in [0.5, 0.6) is 0 Å². The van der Waals surface area contributed by atoms with E-state index in [9.17, 15) is 9.59 Å². The number of halogens is 2. The number of para-hydroxylation sites is 1. The molecule has 0 aliphatic carbocycles. The molecule has 0 bridgehead atoms. The Balaban J connectivity index is 1.54. The van der Waals surface area contributed by atoms with E-state index in [0.717, 1.165) is 11.3 Å². The van der Waals surface area contributed by atoms with Gasteiger partial charge in [0.1, 0.15) is 11.6 Å². The third-order valence-electron chi connectivity index (χ3n) is 3.83. The van der Waals surface area contributed by atoms with Crippen LogP contribution in [-0.4, -0.2) is 16.9 Å². The molecule has 1 N–H and O–H groups in total. The van der Waals surface area contributed by atoms with Crippen LogP contribution in [0.4, 0.5) is 5.69 Å². The van der Waals surface area contributed by atoms with Crippen LogP contribution >= 0.6 is 34.5 Å². The van der Waals surface area contributed by atoms with Crippen molar-refractivity contribution < 1.29 is 14.3 Å². The molecule has 3 rings (SSSR count). The lowest BCUT2D eigenvalue weighted by Crippen LogP contribution is -2.15. The summed E-state index contributed by atoms with van der Waals surface area (Å²) < 4.78 is 5.24. The van der Waals surface area contributed by atoms with E-state index in [0.29, 0.717) is 15.7 Å². The maximum absolute atomic E-state index is 12.2. The van der Waals surface area contributed by atoms with Crippen molar-refractivity contribution in [3.8, 4) is 0 Å². The fraction of sp³-hybridized carbons (Fsp3) is 0.150. The molecule has 3 aromatic rings. The Morgan fingerprint density at radius 1 is 1.18 bits per heavy atom. The van der Waals surface area contributed by atoms with E-state index in [1.165, 1.54) is 23.5 Å². The first-order chi connectivity index (χ1) is 13.4. The molecule has 8 heteroatoms. The van der Waals surface area contributed by atoms with Crippen LogP contribution in [0.15, 0.2) is 47.8 Å². The average Bonchev–Trinajstić information content (AvgIpc) is 3.09. The quantitative estimate of drug-likeness (QED) is 0.534. The van der Waals surface area contributed by atoms with Gasteiger partial charge in [0, 0.05) is 16.1 Å². The van der Waals surface area contributed by atoms with Gasteiger partial charge in [-0.15, -0.1) is 11.3 Å². The van der Waals surface area contributed by atoms with Crippen molar-refractivity contribution in [1.82, 2.24) is 4.98 Å². The molecule has 1 aromatic heterocycles. The van der Waals surface area contributed by atoms with Gasteiger partial charge >= 0.3 is 5.97 Å². The van der Waals surface area contributed by atoms with E-state index in [1.54, 1.807) is 11.4 Å². The van der Waals surface area contributed by atoms with Crippen molar-refractivity contribution >= 4 is 52.1 Å². The average molecular weight is 435 g/mol. The number of amides is 1. The zero-order valence-electron chi connectivity index (χ0n) is 14.9. The van der Waals surface area contributed by atoms with E-state index in [2.05, 4.69) is 10.3 Å². The maximum atomic E-state index is 12.2. The molecule has 144 valence electrons. The molecule has 0 saturated heterocycles. The van der Waals surface area contributed by atoms with Gasteiger partial charge in [-0.25, -0.2) is 9.78 Å². The van der Waals surface area contributed by atoms with Crippen molar-refractivity contribution in [3.63, 3.8) is 0 Å². The van der Waals surface area contributed by atoms with Gasteiger partial charge in [0.25, 0.3) is 0 Å². The highest BCUT2D eigenvalue weighted by Gasteiger charge is 2.14. The van der Waals surface area contributed by atoms with E-state index in [-0.39, 0.29) is 29.5 Å². The first kappa shape index (κ1) is 20.3. The number of nitrogens with zero attached hydrogens (tertiary/aromatic N) is 1. The lowest BCUT2D eigenvalue weighted by atomic mass is 10.2.